The molecule has 0 aliphatic rings. The normalized spacial score (nSPS) is 11.0. The van der Waals surface area contributed by atoms with Crippen LogP contribution in [0, 0.1) is 0 Å². The van der Waals surface area contributed by atoms with Gasteiger partial charge in [-0.25, -0.2) is 4.79 Å². The second kappa shape index (κ2) is 24.9. The van der Waals surface area contributed by atoms with Gasteiger partial charge in [-0.05, 0) is 51.7 Å². The first-order chi connectivity index (χ1) is 20.4. The summed E-state index contributed by atoms with van der Waals surface area (Å²) in [6.07, 6.45) is 21.2. The van der Waals surface area contributed by atoms with E-state index in [-0.39, 0.29) is 18.4 Å². The summed E-state index contributed by atoms with van der Waals surface area (Å²) < 4.78 is 5.36. The first kappa shape index (κ1) is 37.4. The van der Waals surface area contributed by atoms with E-state index < -0.39 is 6.09 Å². The minimum atomic E-state index is -0.543. The van der Waals surface area contributed by atoms with E-state index >= 15 is 0 Å². The second-order valence-corrected chi connectivity index (χ2v) is 11.7. The van der Waals surface area contributed by atoms with Gasteiger partial charge in [0.15, 0.2) is 0 Å². The lowest BCUT2D eigenvalue weighted by Crippen LogP contribution is -2.29. The number of hydrogen-bond donors (Lipinski definition) is 3. The fraction of sp³-hybridized carbons (Fsp3) is 0.735. The molecule has 3 amide bonds. The van der Waals surface area contributed by atoms with E-state index in [4.69, 9.17) is 4.74 Å². The maximum atomic E-state index is 12.9. The summed E-state index contributed by atoms with van der Waals surface area (Å²) in [4.78, 5) is 39.2. The standard InChI is InChI=1S/C34H60N4O4/c1-5-6-7-8-9-10-11-12-13-14-15-16-17-18-19-20-24-36-33(40)31-23-22-29(32(39)35-2)27-30(31)28-42-34(41)37-25-21-26-38(3)4/h22-23,27H,5-21,24-26,28H2,1-4H3,(H,35,39)(H,36,40)(H,37,41). The number of rotatable bonds is 25. The Kier molecular flexibility index (Phi) is 22.2. The van der Waals surface area contributed by atoms with Gasteiger partial charge in [-0.2, -0.15) is 0 Å². The Morgan fingerprint density at radius 3 is 1.74 bits per heavy atom. The Morgan fingerprint density at radius 2 is 1.21 bits per heavy atom. The molecule has 0 aromatic heterocycles. The molecule has 3 N–H and O–H groups in total. The van der Waals surface area contributed by atoms with Gasteiger partial charge in [0.2, 0.25) is 0 Å². The second-order valence-electron chi connectivity index (χ2n) is 11.7. The van der Waals surface area contributed by atoms with Crippen LogP contribution in [0.3, 0.4) is 0 Å². The van der Waals surface area contributed by atoms with Crippen molar-refractivity contribution in [2.45, 2.75) is 123 Å². The average molecular weight is 589 g/mol. The fourth-order valence-electron chi connectivity index (χ4n) is 4.97. The molecule has 0 aliphatic heterocycles. The van der Waals surface area contributed by atoms with Gasteiger partial charge in [-0.3, -0.25) is 9.59 Å². The van der Waals surface area contributed by atoms with Crippen molar-refractivity contribution in [1.82, 2.24) is 20.9 Å². The summed E-state index contributed by atoms with van der Waals surface area (Å²) in [5.74, 6) is -0.478. The van der Waals surface area contributed by atoms with Crippen molar-refractivity contribution in [2.75, 3.05) is 40.8 Å². The van der Waals surface area contributed by atoms with Crippen molar-refractivity contribution in [1.29, 1.82) is 0 Å². The largest absolute Gasteiger partial charge is 0.445 e. The lowest BCUT2D eigenvalue weighted by atomic mass is 10.0. The molecule has 1 aromatic rings. The zero-order valence-electron chi connectivity index (χ0n) is 27.2. The molecule has 0 heterocycles. The zero-order chi connectivity index (χ0) is 30.8. The molecule has 0 saturated heterocycles. The molecule has 0 saturated carbocycles. The number of amides is 3. The Bertz CT molecular complexity index is 875. The molecule has 240 valence electrons. The number of hydrogen-bond acceptors (Lipinski definition) is 5. The molecule has 0 bridgehead atoms. The van der Waals surface area contributed by atoms with Crippen LogP contribution in [0.5, 0.6) is 0 Å². The number of carbonyl (C=O) groups excluding carboxylic acids is 3. The predicted molar refractivity (Wildman–Crippen MR) is 173 cm³/mol. The molecule has 0 aliphatic carbocycles. The van der Waals surface area contributed by atoms with Crippen LogP contribution >= 0.6 is 0 Å². The average Bonchev–Trinajstić information content (AvgIpc) is 2.99. The molecule has 0 spiro atoms. The van der Waals surface area contributed by atoms with E-state index in [9.17, 15) is 14.4 Å². The highest BCUT2D eigenvalue weighted by Gasteiger charge is 2.16. The highest BCUT2D eigenvalue weighted by molar-refractivity contribution is 5.99. The Labute approximate surface area is 256 Å². The van der Waals surface area contributed by atoms with Crippen molar-refractivity contribution >= 4 is 17.9 Å². The molecule has 0 unspecified atom stereocenters. The van der Waals surface area contributed by atoms with Crippen molar-refractivity contribution in [3.63, 3.8) is 0 Å². The maximum Gasteiger partial charge on any atom is 0.407 e. The molecule has 0 fully saturated rings. The number of nitrogens with one attached hydrogen (secondary N) is 3. The first-order valence-electron chi connectivity index (χ1n) is 16.6. The van der Waals surface area contributed by atoms with Crippen LogP contribution in [0.25, 0.3) is 0 Å². The van der Waals surface area contributed by atoms with Gasteiger partial charge < -0.3 is 25.6 Å². The number of alkyl carbamates (subject to hydrolysis) is 1. The van der Waals surface area contributed by atoms with Crippen molar-refractivity contribution < 1.29 is 19.1 Å². The number of benzene rings is 1. The maximum absolute atomic E-state index is 12.9. The van der Waals surface area contributed by atoms with Gasteiger partial charge in [0.25, 0.3) is 11.8 Å². The number of carbonyl (C=O) groups is 3. The van der Waals surface area contributed by atoms with E-state index in [2.05, 4.69) is 22.9 Å². The summed E-state index contributed by atoms with van der Waals surface area (Å²) in [5, 5.41) is 8.30. The van der Waals surface area contributed by atoms with E-state index in [1.54, 1.807) is 25.2 Å². The third-order valence-corrected chi connectivity index (χ3v) is 7.57. The van der Waals surface area contributed by atoms with Crippen LogP contribution in [0.2, 0.25) is 0 Å². The molecule has 8 nitrogen and oxygen atoms in total. The number of unbranched alkanes of at least 4 members (excludes halogenated alkanes) is 15. The fourth-order valence-corrected chi connectivity index (χ4v) is 4.97. The smallest absolute Gasteiger partial charge is 0.407 e. The van der Waals surface area contributed by atoms with Crippen LogP contribution in [0.4, 0.5) is 4.79 Å². The Hall–Kier alpha value is -2.61. The molecule has 42 heavy (non-hydrogen) atoms. The van der Waals surface area contributed by atoms with Crippen molar-refractivity contribution in [3.05, 3.63) is 34.9 Å². The van der Waals surface area contributed by atoms with Gasteiger partial charge >= 0.3 is 6.09 Å². The number of ether oxygens (including phenoxy) is 1. The van der Waals surface area contributed by atoms with Gasteiger partial charge in [0.05, 0.1) is 0 Å². The van der Waals surface area contributed by atoms with E-state index in [1.165, 1.54) is 89.9 Å². The van der Waals surface area contributed by atoms with Crippen LogP contribution < -0.4 is 16.0 Å². The van der Waals surface area contributed by atoms with Gasteiger partial charge in [0, 0.05) is 36.8 Å². The lowest BCUT2D eigenvalue weighted by molar-refractivity contribution is 0.0939. The summed E-state index contributed by atoms with van der Waals surface area (Å²) in [6.45, 7) is 4.14. The Balaban J connectivity index is 2.27. The lowest BCUT2D eigenvalue weighted by Gasteiger charge is -2.13. The molecule has 8 heteroatoms. The van der Waals surface area contributed by atoms with Crippen LogP contribution in [-0.2, 0) is 11.3 Å². The minimum absolute atomic E-state index is 0.0911. The molecular weight excluding hydrogens is 528 g/mol. The monoisotopic (exact) mass is 588 g/mol. The van der Waals surface area contributed by atoms with Gasteiger partial charge in [-0.15, -0.1) is 0 Å². The summed E-state index contributed by atoms with van der Waals surface area (Å²) in [7, 11) is 5.51. The highest BCUT2D eigenvalue weighted by atomic mass is 16.5. The third kappa shape index (κ3) is 18.7. The molecule has 1 rings (SSSR count). The topological polar surface area (TPSA) is 99.8 Å². The third-order valence-electron chi connectivity index (χ3n) is 7.57. The quantitative estimate of drug-likeness (QED) is 0.105. The molecule has 0 radical (unpaired) electrons. The van der Waals surface area contributed by atoms with Gasteiger partial charge in [-0.1, -0.05) is 103 Å². The minimum Gasteiger partial charge on any atom is -0.445 e. The van der Waals surface area contributed by atoms with Crippen molar-refractivity contribution in [3.8, 4) is 0 Å². The van der Waals surface area contributed by atoms with Crippen LogP contribution in [0.1, 0.15) is 142 Å². The first-order valence-corrected chi connectivity index (χ1v) is 16.6. The van der Waals surface area contributed by atoms with E-state index in [0.717, 1.165) is 25.8 Å². The SMILES string of the molecule is CCCCCCCCCCCCCCCCCCNC(=O)c1ccc(C(=O)NC)cc1COC(=O)NCCCN(C)C. The molecular formula is C34H60N4O4. The van der Waals surface area contributed by atoms with Crippen LogP contribution in [0.15, 0.2) is 18.2 Å². The summed E-state index contributed by atoms with van der Waals surface area (Å²) in [5.41, 5.74) is 1.33. The van der Waals surface area contributed by atoms with E-state index in [0.29, 0.717) is 29.8 Å². The van der Waals surface area contributed by atoms with Crippen molar-refractivity contribution in [2.24, 2.45) is 0 Å². The predicted octanol–water partition coefficient (Wildman–Crippen LogP) is 7.22. The molecule has 1 aromatic carbocycles. The van der Waals surface area contributed by atoms with E-state index in [1.807, 2.05) is 19.0 Å². The Morgan fingerprint density at radius 1 is 0.690 bits per heavy atom. The van der Waals surface area contributed by atoms with Gasteiger partial charge in [0.1, 0.15) is 6.61 Å². The number of nitrogens with zero attached hydrogens (tertiary/aromatic N) is 1. The summed E-state index contributed by atoms with van der Waals surface area (Å²) >= 11 is 0. The van der Waals surface area contributed by atoms with Crippen LogP contribution in [-0.4, -0.2) is 63.6 Å². The zero-order valence-corrected chi connectivity index (χ0v) is 27.2. The summed E-state index contributed by atoms with van der Waals surface area (Å²) in [6, 6.07) is 4.86. The highest BCUT2D eigenvalue weighted by Crippen LogP contribution is 2.16. The molecule has 0 atom stereocenters.